The molecule has 1 saturated heterocycles. The van der Waals surface area contributed by atoms with E-state index in [1.54, 1.807) is 23.9 Å². The van der Waals surface area contributed by atoms with Crippen LogP contribution in [-0.2, 0) is 6.54 Å². The van der Waals surface area contributed by atoms with Crippen LogP contribution in [0.2, 0.25) is 0 Å². The molecule has 4 aromatic rings. The average molecular weight is 495 g/mol. The van der Waals surface area contributed by atoms with Crippen molar-refractivity contribution in [1.29, 1.82) is 0 Å². The van der Waals surface area contributed by atoms with Gasteiger partial charge in [-0.1, -0.05) is 18.2 Å². The van der Waals surface area contributed by atoms with Crippen molar-refractivity contribution in [1.82, 2.24) is 19.7 Å². The summed E-state index contributed by atoms with van der Waals surface area (Å²) in [6.07, 6.45) is 3.16. The normalized spacial score (nSPS) is 18.7. The third-order valence-electron chi connectivity index (χ3n) is 7.18. The van der Waals surface area contributed by atoms with Crippen LogP contribution < -0.4 is 4.74 Å². The molecule has 1 aliphatic heterocycles. The lowest BCUT2D eigenvalue weighted by atomic mass is 9.88. The SMILES string of the molecule is COc1cc(C)c2[nH]ccc2c1CN1CC[C@@H](n2cc(C(F)F)cn2)C[C@H]1c1ccccc1C(=O)O. The van der Waals surface area contributed by atoms with Crippen molar-refractivity contribution < 1.29 is 23.4 Å². The summed E-state index contributed by atoms with van der Waals surface area (Å²) in [6, 6.07) is 10.7. The van der Waals surface area contributed by atoms with Crippen molar-refractivity contribution in [3.05, 3.63) is 82.8 Å². The van der Waals surface area contributed by atoms with E-state index in [9.17, 15) is 18.7 Å². The molecule has 0 spiro atoms. The first kappa shape index (κ1) is 24.0. The summed E-state index contributed by atoms with van der Waals surface area (Å²) in [6.45, 7) is 3.21. The van der Waals surface area contributed by atoms with Crippen LogP contribution in [0.4, 0.5) is 8.78 Å². The van der Waals surface area contributed by atoms with E-state index in [4.69, 9.17) is 4.74 Å². The number of fused-ring (bicyclic) bond motifs is 1. The molecular formula is C27H28F2N4O3. The second kappa shape index (κ2) is 9.73. The maximum Gasteiger partial charge on any atom is 0.336 e. The van der Waals surface area contributed by atoms with Gasteiger partial charge in [-0.3, -0.25) is 9.58 Å². The highest BCUT2D eigenvalue weighted by molar-refractivity contribution is 5.90. The number of halogens is 2. The van der Waals surface area contributed by atoms with Crippen LogP contribution in [0.3, 0.4) is 0 Å². The molecule has 2 atom stereocenters. The third kappa shape index (κ3) is 4.35. The molecular weight excluding hydrogens is 466 g/mol. The van der Waals surface area contributed by atoms with E-state index in [1.165, 1.54) is 12.4 Å². The summed E-state index contributed by atoms with van der Waals surface area (Å²) in [5.41, 5.74) is 3.97. The Morgan fingerprint density at radius 1 is 1.31 bits per heavy atom. The first-order valence-corrected chi connectivity index (χ1v) is 11.9. The van der Waals surface area contributed by atoms with Crippen LogP contribution in [0.5, 0.6) is 5.75 Å². The fraction of sp³-hybridized carbons (Fsp3) is 0.333. The molecule has 188 valence electrons. The highest BCUT2D eigenvalue weighted by Gasteiger charge is 2.34. The molecule has 0 saturated carbocycles. The average Bonchev–Trinajstić information content (AvgIpc) is 3.57. The summed E-state index contributed by atoms with van der Waals surface area (Å²) >= 11 is 0. The summed E-state index contributed by atoms with van der Waals surface area (Å²) in [5.74, 6) is -0.215. The lowest BCUT2D eigenvalue weighted by Crippen LogP contribution is -2.38. The molecule has 9 heteroatoms. The van der Waals surface area contributed by atoms with Gasteiger partial charge in [0.25, 0.3) is 6.43 Å². The zero-order chi connectivity index (χ0) is 25.4. The second-order valence-corrected chi connectivity index (χ2v) is 9.25. The lowest BCUT2D eigenvalue weighted by Gasteiger charge is -2.40. The monoisotopic (exact) mass is 494 g/mol. The van der Waals surface area contributed by atoms with Gasteiger partial charge in [0.2, 0.25) is 0 Å². The predicted molar refractivity (Wildman–Crippen MR) is 132 cm³/mol. The topological polar surface area (TPSA) is 83.4 Å². The summed E-state index contributed by atoms with van der Waals surface area (Å²) < 4.78 is 33.7. The Morgan fingerprint density at radius 2 is 2.11 bits per heavy atom. The Hall–Kier alpha value is -3.72. The second-order valence-electron chi connectivity index (χ2n) is 9.25. The van der Waals surface area contributed by atoms with E-state index in [1.807, 2.05) is 37.4 Å². The molecule has 2 aromatic heterocycles. The zero-order valence-electron chi connectivity index (χ0n) is 20.1. The van der Waals surface area contributed by atoms with Crippen LogP contribution >= 0.6 is 0 Å². The molecule has 5 rings (SSSR count). The Bertz CT molecular complexity index is 1400. The largest absolute Gasteiger partial charge is 0.496 e. The zero-order valence-corrected chi connectivity index (χ0v) is 20.1. The highest BCUT2D eigenvalue weighted by atomic mass is 19.3. The molecule has 7 nitrogen and oxygen atoms in total. The number of rotatable bonds is 7. The quantitative estimate of drug-likeness (QED) is 0.334. The van der Waals surface area contributed by atoms with Crippen LogP contribution in [0.1, 0.15) is 64.0 Å². The molecule has 2 aromatic carbocycles. The molecule has 2 N–H and O–H groups in total. The lowest BCUT2D eigenvalue weighted by molar-refractivity contribution is 0.0681. The number of likely N-dealkylation sites (tertiary alicyclic amines) is 1. The Kier molecular flexibility index (Phi) is 6.49. The standard InChI is InChI=1S/C27H28F2N4O3/c1-16-11-24(36-2)22(20-7-9-30-25(16)20)15-32-10-8-18(33-14-17(13-31-33)26(28)29)12-23(32)19-5-3-4-6-21(19)27(34)35/h3-7,9,11,13-14,18,23,26,30H,8,10,12,15H2,1-2H3,(H,34,35)/t18-,23+/m1/s1. The summed E-state index contributed by atoms with van der Waals surface area (Å²) in [7, 11) is 1.65. The number of aromatic nitrogens is 3. The number of carbonyl (C=O) groups is 1. The van der Waals surface area contributed by atoms with Gasteiger partial charge in [-0.05, 0) is 49.1 Å². The molecule has 1 fully saturated rings. The number of aryl methyl sites for hydroxylation is 1. The first-order valence-electron chi connectivity index (χ1n) is 11.9. The number of H-pyrrole nitrogens is 1. The number of carboxylic acid groups (broad SMARTS) is 1. The van der Waals surface area contributed by atoms with Gasteiger partial charge in [0.1, 0.15) is 5.75 Å². The van der Waals surface area contributed by atoms with Crippen LogP contribution in [-0.4, -0.2) is 44.4 Å². The Labute approximate surface area is 207 Å². The molecule has 36 heavy (non-hydrogen) atoms. The minimum Gasteiger partial charge on any atom is -0.496 e. The van der Waals surface area contributed by atoms with Gasteiger partial charge in [-0.15, -0.1) is 0 Å². The Balaban J connectivity index is 1.54. The number of nitrogens with one attached hydrogen (secondary N) is 1. The molecule has 0 bridgehead atoms. The summed E-state index contributed by atoms with van der Waals surface area (Å²) in [4.78, 5) is 17.7. The van der Waals surface area contributed by atoms with E-state index in [0.29, 0.717) is 31.5 Å². The Morgan fingerprint density at radius 3 is 2.83 bits per heavy atom. The smallest absolute Gasteiger partial charge is 0.336 e. The van der Waals surface area contributed by atoms with E-state index in [0.717, 1.165) is 27.8 Å². The van der Waals surface area contributed by atoms with Gasteiger partial charge in [-0.2, -0.15) is 5.10 Å². The number of aromatic amines is 1. The minimum absolute atomic E-state index is 0.112. The predicted octanol–water partition coefficient (Wildman–Crippen LogP) is 5.90. The molecule has 0 radical (unpaired) electrons. The van der Waals surface area contributed by atoms with Gasteiger partial charge in [0.15, 0.2) is 0 Å². The van der Waals surface area contributed by atoms with E-state index < -0.39 is 12.4 Å². The third-order valence-corrected chi connectivity index (χ3v) is 7.18. The fourth-order valence-electron chi connectivity index (χ4n) is 5.38. The van der Waals surface area contributed by atoms with Gasteiger partial charge >= 0.3 is 5.97 Å². The van der Waals surface area contributed by atoms with Crippen LogP contribution in [0, 0.1) is 6.92 Å². The van der Waals surface area contributed by atoms with Gasteiger partial charge < -0.3 is 14.8 Å². The van der Waals surface area contributed by atoms with E-state index in [2.05, 4.69) is 15.0 Å². The van der Waals surface area contributed by atoms with Gasteiger partial charge in [0, 0.05) is 48.0 Å². The van der Waals surface area contributed by atoms with Gasteiger partial charge in [0.05, 0.1) is 30.5 Å². The molecule has 0 aliphatic carbocycles. The first-order chi connectivity index (χ1) is 17.4. The number of hydrogen-bond donors (Lipinski definition) is 2. The minimum atomic E-state index is -2.58. The number of methoxy groups -OCH3 is 1. The van der Waals surface area contributed by atoms with Gasteiger partial charge in [-0.25, -0.2) is 13.6 Å². The fourth-order valence-corrected chi connectivity index (χ4v) is 5.38. The number of nitrogens with zero attached hydrogens (tertiary/aromatic N) is 3. The van der Waals surface area contributed by atoms with Crippen LogP contribution in [0.15, 0.2) is 55.0 Å². The number of carboxylic acids is 1. The van der Waals surface area contributed by atoms with Crippen molar-refractivity contribution in [2.45, 2.75) is 44.8 Å². The summed E-state index contributed by atoms with van der Waals surface area (Å²) in [5, 5.41) is 15.2. The van der Waals surface area contributed by atoms with Crippen molar-refractivity contribution in [3.8, 4) is 5.75 Å². The van der Waals surface area contributed by atoms with Crippen molar-refractivity contribution in [3.63, 3.8) is 0 Å². The maximum atomic E-state index is 13.2. The molecule has 0 amide bonds. The molecule has 1 aliphatic rings. The number of hydrogen-bond acceptors (Lipinski definition) is 4. The molecule has 3 heterocycles. The van der Waals surface area contributed by atoms with Crippen molar-refractivity contribution >= 4 is 16.9 Å². The number of alkyl halides is 2. The van der Waals surface area contributed by atoms with Crippen LogP contribution in [0.25, 0.3) is 10.9 Å². The number of benzene rings is 2. The number of piperidine rings is 1. The highest BCUT2D eigenvalue weighted by Crippen LogP contribution is 2.41. The molecule has 0 unspecified atom stereocenters. The maximum absolute atomic E-state index is 13.2. The number of ether oxygens (including phenoxy) is 1. The number of aromatic carboxylic acids is 1. The van der Waals surface area contributed by atoms with Crippen molar-refractivity contribution in [2.24, 2.45) is 0 Å². The van der Waals surface area contributed by atoms with Crippen molar-refractivity contribution in [2.75, 3.05) is 13.7 Å². The van der Waals surface area contributed by atoms with E-state index >= 15 is 0 Å². The van der Waals surface area contributed by atoms with E-state index in [-0.39, 0.29) is 23.2 Å².